The van der Waals surface area contributed by atoms with E-state index in [-0.39, 0.29) is 59.1 Å². The third-order valence-electron chi connectivity index (χ3n) is 1.38. The van der Waals surface area contributed by atoms with Crippen LogP contribution in [0.3, 0.4) is 0 Å². The molecule has 0 spiro atoms. The average molecular weight is 422 g/mol. The first-order chi connectivity index (χ1) is 5.61. The number of aromatic carboxylic acids is 2. The minimum atomic E-state index is -1.06. The van der Waals surface area contributed by atoms with Crippen molar-refractivity contribution in [1.29, 1.82) is 0 Å². The van der Waals surface area contributed by atoms with E-state index in [0.717, 1.165) is 0 Å². The molecule has 1 aromatic rings. The third kappa shape index (κ3) is 4.22. The number of carbonyl (C=O) groups is 2. The summed E-state index contributed by atoms with van der Waals surface area (Å²) in [6.07, 6.45) is 0. The number of halogens is 2. The fourth-order valence-electron chi connectivity index (χ4n) is 0.755. The number of hydrogen-bond donors (Lipinski definition) is 2. The van der Waals surface area contributed by atoms with Gasteiger partial charge in [-0.15, -0.1) is 48.0 Å². The van der Waals surface area contributed by atoms with Crippen LogP contribution in [0.2, 0.25) is 0 Å². The van der Waals surface area contributed by atoms with E-state index >= 15 is 0 Å². The molecule has 0 fully saturated rings. The summed E-state index contributed by atoms with van der Waals surface area (Å²) < 4.78 is 0. The second kappa shape index (κ2) is 6.98. The van der Waals surface area contributed by atoms with Gasteiger partial charge in [0.25, 0.3) is 0 Å². The second-order valence-electron chi connectivity index (χ2n) is 2.19. The zero-order chi connectivity index (χ0) is 9.14. The Balaban J connectivity index is 0. The van der Waals surface area contributed by atoms with Crippen molar-refractivity contribution >= 4 is 59.9 Å². The first-order valence-corrected chi connectivity index (χ1v) is 3.18. The van der Waals surface area contributed by atoms with Crippen LogP contribution < -0.4 is 0 Å². The molecule has 0 unspecified atom stereocenters. The van der Waals surface area contributed by atoms with Crippen molar-refractivity contribution in [2.75, 3.05) is 0 Å². The molecule has 0 aromatic heterocycles. The van der Waals surface area contributed by atoms with E-state index in [1.807, 2.05) is 0 Å². The highest BCUT2D eigenvalue weighted by molar-refractivity contribution is 14.0. The van der Waals surface area contributed by atoms with Gasteiger partial charge in [0, 0.05) is 0 Å². The lowest BCUT2D eigenvalue weighted by molar-refractivity contribution is 0.0681. The summed E-state index contributed by atoms with van der Waals surface area (Å²) in [5, 5.41) is 16.9. The van der Waals surface area contributed by atoms with Gasteiger partial charge in [0.15, 0.2) is 0 Å². The monoisotopic (exact) mass is 422 g/mol. The summed E-state index contributed by atoms with van der Waals surface area (Å²) >= 11 is 0. The molecule has 0 aliphatic rings. The highest BCUT2D eigenvalue weighted by Gasteiger charge is 2.04. The predicted octanol–water partition coefficient (Wildman–Crippen LogP) is 2.32. The van der Waals surface area contributed by atoms with E-state index in [4.69, 9.17) is 10.2 Å². The molecule has 0 heterocycles. The molecule has 0 radical (unpaired) electrons. The Bertz CT molecular complexity index is 288. The van der Waals surface area contributed by atoms with Gasteiger partial charge in [-0.05, 0) is 24.3 Å². The quantitative estimate of drug-likeness (QED) is 0.718. The van der Waals surface area contributed by atoms with Gasteiger partial charge in [-0.1, -0.05) is 0 Å². The van der Waals surface area contributed by atoms with Crippen molar-refractivity contribution in [3.63, 3.8) is 0 Å². The Kier molecular flexibility index (Phi) is 8.01. The molecular formula is C8H8I2O4. The minimum Gasteiger partial charge on any atom is -0.478 e. The SMILES string of the molecule is I.I.O=C(O)c1ccc(C(=O)O)cc1. The van der Waals surface area contributed by atoms with Crippen molar-refractivity contribution < 1.29 is 19.8 Å². The number of rotatable bonds is 2. The molecule has 0 amide bonds. The molecule has 14 heavy (non-hydrogen) atoms. The molecule has 0 bridgehead atoms. The summed E-state index contributed by atoms with van der Waals surface area (Å²) in [6, 6.07) is 5.02. The smallest absolute Gasteiger partial charge is 0.335 e. The molecule has 0 aliphatic carbocycles. The number of carboxylic acids is 2. The van der Waals surface area contributed by atoms with Gasteiger partial charge >= 0.3 is 11.9 Å². The van der Waals surface area contributed by atoms with Crippen molar-refractivity contribution in [3.8, 4) is 0 Å². The van der Waals surface area contributed by atoms with Crippen molar-refractivity contribution in [2.45, 2.75) is 0 Å². The molecule has 0 saturated carbocycles. The van der Waals surface area contributed by atoms with Crippen LogP contribution in [0.1, 0.15) is 20.7 Å². The van der Waals surface area contributed by atoms with Crippen LogP contribution in [0.15, 0.2) is 24.3 Å². The largest absolute Gasteiger partial charge is 0.478 e. The molecule has 2 N–H and O–H groups in total. The van der Waals surface area contributed by atoms with E-state index in [2.05, 4.69) is 0 Å². The number of hydrogen-bond acceptors (Lipinski definition) is 2. The molecule has 6 heteroatoms. The fourth-order valence-corrected chi connectivity index (χ4v) is 0.755. The normalized spacial score (nSPS) is 8.00. The Morgan fingerprint density at radius 2 is 1.00 bits per heavy atom. The summed E-state index contributed by atoms with van der Waals surface area (Å²) in [5.41, 5.74) is 0.167. The minimum absolute atomic E-state index is 0. The Morgan fingerprint density at radius 3 is 1.14 bits per heavy atom. The Hall–Kier alpha value is -0.380. The van der Waals surface area contributed by atoms with Gasteiger partial charge in [-0.2, -0.15) is 0 Å². The highest BCUT2D eigenvalue weighted by atomic mass is 127. The van der Waals surface area contributed by atoms with Crippen LogP contribution in [-0.4, -0.2) is 22.2 Å². The molecular weight excluding hydrogens is 414 g/mol. The predicted molar refractivity (Wildman–Crippen MR) is 71.2 cm³/mol. The maximum Gasteiger partial charge on any atom is 0.335 e. The molecule has 1 rings (SSSR count). The first-order valence-electron chi connectivity index (χ1n) is 3.18. The number of carboxylic acid groups (broad SMARTS) is 2. The zero-order valence-corrected chi connectivity index (χ0v) is 11.5. The Labute approximate surface area is 114 Å². The van der Waals surface area contributed by atoms with Crippen LogP contribution in [-0.2, 0) is 0 Å². The van der Waals surface area contributed by atoms with Gasteiger partial charge in [0.05, 0.1) is 11.1 Å². The lowest BCUT2D eigenvalue weighted by atomic mass is 10.1. The van der Waals surface area contributed by atoms with Gasteiger partial charge in [0.2, 0.25) is 0 Å². The van der Waals surface area contributed by atoms with Crippen molar-refractivity contribution in [2.24, 2.45) is 0 Å². The highest BCUT2D eigenvalue weighted by Crippen LogP contribution is 2.03. The average Bonchev–Trinajstić information content (AvgIpc) is 2.04. The van der Waals surface area contributed by atoms with Crippen molar-refractivity contribution in [1.82, 2.24) is 0 Å². The van der Waals surface area contributed by atoms with Gasteiger partial charge < -0.3 is 10.2 Å². The van der Waals surface area contributed by atoms with Crippen molar-refractivity contribution in [3.05, 3.63) is 35.4 Å². The topological polar surface area (TPSA) is 74.6 Å². The maximum absolute atomic E-state index is 10.3. The second-order valence-corrected chi connectivity index (χ2v) is 2.19. The van der Waals surface area contributed by atoms with E-state index in [1.165, 1.54) is 24.3 Å². The van der Waals surface area contributed by atoms with Gasteiger partial charge in [0.1, 0.15) is 0 Å². The zero-order valence-electron chi connectivity index (χ0n) is 6.84. The van der Waals surface area contributed by atoms with Crippen LogP contribution in [0.5, 0.6) is 0 Å². The van der Waals surface area contributed by atoms with Crippen LogP contribution in [0, 0.1) is 0 Å². The van der Waals surface area contributed by atoms with Gasteiger partial charge in [-0.3, -0.25) is 0 Å². The molecule has 1 aromatic carbocycles. The summed E-state index contributed by atoms with van der Waals surface area (Å²) in [7, 11) is 0. The molecule has 0 saturated heterocycles. The van der Waals surface area contributed by atoms with Crippen LogP contribution >= 0.6 is 48.0 Å². The standard InChI is InChI=1S/C8H6O4.2HI/c9-7(10)5-1-2-6(4-3-5)8(11)12;;/h1-4H,(H,9,10)(H,11,12);2*1H. The van der Waals surface area contributed by atoms with E-state index < -0.39 is 11.9 Å². The fraction of sp³-hybridized carbons (Fsp3) is 0. The summed E-state index contributed by atoms with van der Waals surface area (Å²) in [6.45, 7) is 0. The lowest BCUT2D eigenvalue weighted by Crippen LogP contribution is -1.99. The lowest BCUT2D eigenvalue weighted by Gasteiger charge is -1.94. The molecule has 4 nitrogen and oxygen atoms in total. The van der Waals surface area contributed by atoms with E-state index in [0.29, 0.717) is 0 Å². The maximum atomic E-state index is 10.3. The Morgan fingerprint density at radius 1 is 0.786 bits per heavy atom. The van der Waals surface area contributed by atoms with Gasteiger partial charge in [-0.25, -0.2) is 9.59 Å². The van der Waals surface area contributed by atoms with Crippen LogP contribution in [0.4, 0.5) is 0 Å². The van der Waals surface area contributed by atoms with E-state index in [1.54, 1.807) is 0 Å². The molecule has 78 valence electrons. The summed E-state index contributed by atoms with van der Waals surface area (Å²) in [4.78, 5) is 20.7. The molecule has 0 atom stereocenters. The number of benzene rings is 1. The third-order valence-corrected chi connectivity index (χ3v) is 1.38. The van der Waals surface area contributed by atoms with Crippen LogP contribution in [0.25, 0.3) is 0 Å². The molecule has 0 aliphatic heterocycles. The summed E-state index contributed by atoms with van der Waals surface area (Å²) in [5.74, 6) is -2.13. The first kappa shape index (κ1) is 16.1. The van der Waals surface area contributed by atoms with E-state index in [9.17, 15) is 9.59 Å².